The molecule has 2 N–H and O–H groups in total. The number of nitrogens with zero attached hydrogens (tertiary/aromatic N) is 2. The Bertz CT molecular complexity index is 1610. The molecule has 202 valence electrons. The normalized spacial score (nSPS) is 18.5. The van der Waals surface area contributed by atoms with Gasteiger partial charge in [0.2, 0.25) is 11.8 Å². The molecule has 7 nitrogen and oxygen atoms in total. The van der Waals surface area contributed by atoms with E-state index >= 15 is 0 Å². The second-order valence-corrected chi connectivity index (χ2v) is 12.8. The van der Waals surface area contributed by atoms with E-state index in [0.717, 1.165) is 22.3 Å². The van der Waals surface area contributed by atoms with E-state index in [1.54, 1.807) is 24.3 Å². The molecular formula is C31H34N4O3S. The van der Waals surface area contributed by atoms with Crippen LogP contribution in [0.1, 0.15) is 56.1 Å². The molecule has 39 heavy (non-hydrogen) atoms. The van der Waals surface area contributed by atoms with Crippen molar-refractivity contribution in [3.63, 3.8) is 0 Å². The third-order valence-corrected chi connectivity index (χ3v) is 8.34. The summed E-state index contributed by atoms with van der Waals surface area (Å²) in [7, 11) is -3.94. The zero-order valence-corrected chi connectivity index (χ0v) is 23.9. The summed E-state index contributed by atoms with van der Waals surface area (Å²) in [6, 6.07) is 22.7. The first-order chi connectivity index (χ1) is 18.4. The van der Waals surface area contributed by atoms with Gasteiger partial charge in [-0.3, -0.25) is 0 Å². The lowest BCUT2D eigenvalue weighted by Gasteiger charge is -2.28. The van der Waals surface area contributed by atoms with E-state index in [4.69, 9.17) is 4.74 Å². The summed E-state index contributed by atoms with van der Waals surface area (Å²) in [6.07, 6.45) is -0.424. The molecule has 1 aliphatic heterocycles. The summed E-state index contributed by atoms with van der Waals surface area (Å²) in [5.74, 6) is 0.238. The lowest BCUT2D eigenvalue weighted by molar-refractivity contribution is 0.180. The number of hydrogen-bond donors (Lipinski definition) is 2. The first kappa shape index (κ1) is 26.7. The molecule has 0 fully saturated rings. The summed E-state index contributed by atoms with van der Waals surface area (Å²) in [4.78, 5) is 9.24. The number of anilines is 2. The van der Waals surface area contributed by atoms with E-state index in [0.29, 0.717) is 11.4 Å². The van der Waals surface area contributed by atoms with Crippen LogP contribution in [0.15, 0.2) is 77.7 Å². The van der Waals surface area contributed by atoms with Crippen LogP contribution >= 0.6 is 0 Å². The molecule has 0 radical (unpaired) electrons. The number of aryl methyl sites for hydroxylation is 2. The Balaban J connectivity index is 1.68. The molecule has 0 amide bonds. The van der Waals surface area contributed by atoms with Gasteiger partial charge < -0.3 is 10.1 Å². The van der Waals surface area contributed by atoms with E-state index in [-0.39, 0.29) is 28.2 Å². The van der Waals surface area contributed by atoms with E-state index in [9.17, 15) is 8.42 Å². The van der Waals surface area contributed by atoms with Gasteiger partial charge in [0, 0.05) is 17.3 Å². The smallest absolute Gasteiger partial charge is 0.264 e. The van der Waals surface area contributed by atoms with E-state index in [2.05, 4.69) is 65.0 Å². The molecule has 0 saturated carbocycles. The molecule has 8 heteroatoms. The highest BCUT2D eigenvalue weighted by Gasteiger charge is 2.27. The van der Waals surface area contributed by atoms with Gasteiger partial charge in [-0.25, -0.2) is 18.1 Å². The topological polar surface area (TPSA) is 93.2 Å². The Morgan fingerprint density at radius 1 is 0.872 bits per heavy atom. The van der Waals surface area contributed by atoms with Gasteiger partial charge in [-0.15, -0.1) is 0 Å². The van der Waals surface area contributed by atoms with Crippen molar-refractivity contribution in [2.75, 3.05) is 10.0 Å². The lowest BCUT2D eigenvalue weighted by atomic mass is 9.86. The van der Waals surface area contributed by atoms with Crippen LogP contribution in [0.2, 0.25) is 0 Å². The second kappa shape index (κ2) is 10.0. The van der Waals surface area contributed by atoms with E-state index in [1.165, 1.54) is 5.56 Å². The summed E-state index contributed by atoms with van der Waals surface area (Å²) >= 11 is 0. The highest BCUT2D eigenvalue weighted by atomic mass is 32.2. The monoisotopic (exact) mass is 542 g/mol. The van der Waals surface area contributed by atoms with Crippen LogP contribution in [0.25, 0.3) is 11.3 Å². The fourth-order valence-corrected chi connectivity index (χ4v) is 5.90. The first-order valence-electron chi connectivity index (χ1n) is 13.0. The van der Waals surface area contributed by atoms with Gasteiger partial charge in [0.05, 0.1) is 16.6 Å². The summed E-state index contributed by atoms with van der Waals surface area (Å²) in [5, 5.41) is 3.44. The van der Waals surface area contributed by atoms with Crippen molar-refractivity contribution in [3.05, 3.63) is 95.1 Å². The molecule has 3 aromatic carbocycles. The molecule has 2 heterocycles. The number of nitrogens with one attached hydrogen (secondary N) is 2. The van der Waals surface area contributed by atoms with E-state index in [1.807, 2.05) is 45.0 Å². The Kier molecular flexibility index (Phi) is 6.84. The first-order valence-corrected chi connectivity index (χ1v) is 14.5. The lowest BCUT2D eigenvalue weighted by Crippen LogP contribution is -2.29. The Labute approximate surface area is 230 Å². The van der Waals surface area contributed by atoms with Crippen LogP contribution in [-0.2, 0) is 15.4 Å². The van der Waals surface area contributed by atoms with Crippen molar-refractivity contribution in [1.82, 2.24) is 9.97 Å². The largest absolute Gasteiger partial charge is 0.467 e. The van der Waals surface area contributed by atoms with Gasteiger partial charge in [-0.2, -0.15) is 4.98 Å². The molecule has 4 bridgehead atoms. The number of aromatic nitrogens is 2. The van der Waals surface area contributed by atoms with Crippen LogP contribution in [0.5, 0.6) is 5.88 Å². The third-order valence-electron chi connectivity index (χ3n) is 7.01. The number of fused-ring (bicyclic) bond motifs is 4. The third kappa shape index (κ3) is 5.61. The molecule has 5 rings (SSSR count). The van der Waals surface area contributed by atoms with Crippen molar-refractivity contribution in [2.24, 2.45) is 0 Å². The molecule has 0 aliphatic carbocycles. The van der Waals surface area contributed by atoms with Crippen molar-refractivity contribution in [3.8, 4) is 17.1 Å². The maximum Gasteiger partial charge on any atom is 0.264 e. The highest BCUT2D eigenvalue weighted by molar-refractivity contribution is 7.92. The summed E-state index contributed by atoms with van der Waals surface area (Å²) in [6.45, 7) is 12.6. The average Bonchev–Trinajstić information content (AvgIpc) is 2.86. The van der Waals surface area contributed by atoms with Crippen LogP contribution < -0.4 is 14.8 Å². The standard InChI is InChI=1S/C31H34N4O3S/c1-19-9-7-10-20(2)28(19)26-18-27-34-30(33-26)35-39(36,37)25-12-8-11-24(17-25)32-21(3)29(38-27)22-13-15-23(16-14-22)31(4,5)6/h7-18,21,29,32H,1-6H3,(H,33,34,35)/t21-,29-/m0/s1. The van der Waals surface area contributed by atoms with Gasteiger partial charge in [-0.1, -0.05) is 69.3 Å². The molecule has 1 aliphatic rings. The number of benzene rings is 3. The number of ether oxygens (including phenoxy) is 1. The number of hydrogen-bond acceptors (Lipinski definition) is 6. The van der Waals surface area contributed by atoms with Crippen LogP contribution in [0.4, 0.5) is 11.6 Å². The van der Waals surface area contributed by atoms with Crippen molar-refractivity contribution < 1.29 is 13.2 Å². The van der Waals surface area contributed by atoms with E-state index < -0.39 is 16.1 Å². The van der Waals surface area contributed by atoms with Gasteiger partial charge >= 0.3 is 0 Å². The van der Waals surface area contributed by atoms with Gasteiger partial charge in [-0.05, 0) is 66.6 Å². The van der Waals surface area contributed by atoms with Crippen molar-refractivity contribution in [1.29, 1.82) is 0 Å². The second-order valence-electron chi connectivity index (χ2n) is 11.2. The zero-order valence-electron chi connectivity index (χ0n) is 23.1. The predicted octanol–water partition coefficient (Wildman–Crippen LogP) is 6.79. The Morgan fingerprint density at radius 3 is 2.21 bits per heavy atom. The molecule has 0 unspecified atom stereocenters. The minimum Gasteiger partial charge on any atom is -0.467 e. The van der Waals surface area contributed by atoms with Gasteiger partial charge in [0.25, 0.3) is 10.0 Å². The molecular weight excluding hydrogens is 508 g/mol. The quantitative estimate of drug-likeness (QED) is 0.290. The predicted molar refractivity (Wildman–Crippen MR) is 156 cm³/mol. The molecule has 0 spiro atoms. The number of rotatable bonds is 2. The maximum absolute atomic E-state index is 13.3. The van der Waals surface area contributed by atoms with Gasteiger partial charge in [0.1, 0.15) is 6.10 Å². The summed E-state index contributed by atoms with van der Waals surface area (Å²) in [5.41, 5.74) is 6.44. The van der Waals surface area contributed by atoms with Crippen molar-refractivity contribution >= 4 is 21.7 Å². The maximum atomic E-state index is 13.3. The van der Waals surface area contributed by atoms with Crippen LogP contribution in [0.3, 0.4) is 0 Å². The SMILES string of the molecule is Cc1cccc(C)c1-c1cc2nc(n1)NS(=O)(=O)c1cccc(c1)N[C@@H](C)[C@@H](c1ccc(C(C)(C)C)cc1)O2. The molecule has 1 aromatic heterocycles. The molecule has 0 saturated heterocycles. The van der Waals surface area contributed by atoms with Crippen LogP contribution in [-0.4, -0.2) is 24.4 Å². The fraction of sp³-hybridized carbons (Fsp3) is 0.290. The fourth-order valence-electron chi connectivity index (χ4n) is 4.91. The Morgan fingerprint density at radius 2 is 1.54 bits per heavy atom. The molecule has 2 atom stereocenters. The molecule has 4 aromatic rings. The van der Waals surface area contributed by atoms with Crippen molar-refractivity contribution in [2.45, 2.75) is 64.0 Å². The minimum atomic E-state index is -3.94. The van der Waals surface area contributed by atoms with Gasteiger partial charge in [0.15, 0.2) is 0 Å². The minimum absolute atomic E-state index is 0.0230. The highest BCUT2D eigenvalue weighted by Crippen LogP contribution is 2.34. The zero-order chi connectivity index (χ0) is 27.9. The van der Waals surface area contributed by atoms with Crippen LogP contribution in [0, 0.1) is 13.8 Å². The number of sulfonamides is 1. The average molecular weight is 543 g/mol. The Hall–Kier alpha value is -3.91. The summed E-state index contributed by atoms with van der Waals surface area (Å²) < 4.78 is 35.7.